The average molecular weight is 397 g/mol. The van der Waals surface area contributed by atoms with Crippen molar-refractivity contribution in [2.24, 2.45) is 11.8 Å². The highest BCUT2D eigenvalue weighted by molar-refractivity contribution is 5.87. The molecule has 0 saturated heterocycles. The van der Waals surface area contributed by atoms with Crippen LogP contribution in [0.1, 0.15) is 47.2 Å². The van der Waals surface area contributed by atoms with E-state index in [0.717, 1.165) is 43.2 Å². The number of carbonyl (C=O) groups is 2. The van der Waals surface area contributed by atoms with E-state index in [-0.39, 0.29) is 29.1 Å². The summed E-state index contributed by atoms with van der Waals surface area (Å²) in [5.74, 6) is -0.0130. The van der Waals surface area contributed by atoms with Crippen molar-refractivity contribution in [1.29, 1.82) is 0 Å². The Morgan fingerprint density at radius 3 is 2.48 bits per heavy atom. The first-order chi connectivity index (χ1) is 14.0. The van der Waals surface area contributed by atoms with Crippen LogP contribution in [0.5, 0.6) is 11.5 Å². The van der Waals surface area contributed by atoms with Gasteiger partial charge in [0.2, 0.25) is 5.91 Å². The van der Waals surface area contributed by atoms with Crippen LogP contribution in [0.2, 0.25) is 0 Å². The summed E-state index contributed by atoms with van der Waals surface area (Å²) in [6.07, 6.45) is 4.68. The molecule has 2 atom stereocenters. The predicted molar refractivity (Wildman–Crippen MR) is 109 cm³/mol. The van der Waals surface area contributed by atoms with E-state index in [9.17, 15) is 14.7 Å². The third-order valence-corrected chi connectivity index (χ3v) is 5.60. The summed E-state index contributed by atoms with van der Waals surface area (Å²) in [7, 11) is 1.57. The molecule has 1 aliphatic rings. The number of aromatic carboxylic acids is 1. The average Bonchev–Trinajstić information content (AvgIpc) is 2.72. The third-order valence-electron chi connectivity index (χ3n) is 5.60. The zero-order chi connectivity index (χ0) is 20.8. The Bertz CT molecular complexity index is 862. The van der Waals surface area contributed by atoms with E-state index in [1.54, 1.807) is 43.5 Å². The van der Waals surface area contributed by atoms with E-state index < -0.39 is 5.97 Å². The number of ether oxygens (including phenoxy) is 1. The quantitative estimate of drug-likeness (QED) is 0.661. The first-order valence-electron chi connectivity index (χ1n) is 9.93. The van der Waals surface area contributed by atoms with Crippen LogP contribution in [0.15, 0.2) is 42.5 Å². The van der Waals surface area contributed by atoms with Gasteiger partial charge in [-0.1, -0.05) is 25.0 Å². The van der Waals surface area contributed by atoms with Crippen LogP contribution < -0.4 is 10.1 Å². The van der Waals surface area contributed by atoms with Crippen LogP contribution in [0.3, 0.4) is 0 Å². The van der Waals surface area contributed by atoms with Crippen molar-refractivity contribution in [3.05, 3.63) is 59.2 Å². The van der Waals surface area contributed by atoms with Crippen molar-refractivity contribution in [3.63, 3.8) is 0 Å². The number of hydrogen-bond acceptors (Lipinski definition) is 4. The van der Waals surface area contributed by atoms with E-state index in [1.807, 2.05) is 6.07 Å². The number of rotatable bonds is 7. The molecule has 6 heteroatoms. The minimum absolute atomic E-state index is 0.0316. The van der Waals surface area contributed by atoms with Crippen LogP contribution in [-0.2, 0) is 17.8 Å². The van der Waals surface area contributed by atoms with E-state index in [4.69, 9.17) is 9.84 Å². The second-order valence-corrected chi connectivity index (χ2v) is 7.61. The summed E-state index contributed by atoms with van der Waals surface area (Å²) >= 11 is 0. The number of phenolic OH excluding ortho intramolecular Hbond substituents is 1. The number of hydrogen-bond donors (Lipinski definition) is 3. The lowest BCUT2D eigenvalue weighted by atomic mass is 9.75. The number of carboxylic acids is 1. The Morgan fingerprint density at radius 2 is 1.79 bits per heavy atom. The normalized spacial score (nSPS) is 18.8. The van der Waals surface area contributed by atoms with Crippen molar-refractivity contribution in [3.8, 4) is 11.5 Å². The lowest BCUT2D eigenvalue weighted by Gasteiger charge is -2.31. The fourth-order valence-electron chi connectivity index (χ4n) is 4.06. The summed E-state index contributed by atoms with van der Waals surface area (Å²) in [6.45, 7) is 0.377. The van der Waals surface area contributed by atoms with Crippen molar-refractivity contribution in [1.82, 2.24) is 5.32 Å². The second kappa shape index (κ2) is 9.45. The molecule has 0 radical (unpaired) electrons. The molecule has 0 heterocycles. The molecule has 154 valence electrons. The highest BCUT2D eigenvalue weighted by Crippen LogP contribution is 2.34. The van der Waals surface area contributed by atoms with Gasteiger partial charge in [0.05, 0.1) is 12.7 Å². The minimum Gasteiger partial charge on any atom is -0.508 e. The number of carboxylic acid groups (broad SMARTS) is 1. The largest absolute Gasteiger partial charge is 0.508 e. The van der Waals surface area contributed by atoms with Gasteiger partial charge in [0.1, 0.15) is 11.5 Å². The highest BCUT2D eigenvalue weighted by atomic mass is 16.5. The number of phenols is 1. The van der Waals surface area contributed by atoms with E-state index >= 15 is 0 Å². The summed E-state index contributed by atoms with van der Waals surface area (Å²) in [5.41, 5.74) is 2.07. The number of aromatic hydroxyl groups is 1. The van der Waals surface area contributed by atoms with Gasteiger partial charge in [-0.15, -0.1) is 0 Å². The molecule has 29 heavy (non-hydrogen) atoms. The van der Waals surface area contributed by atoms with Gasteiger partial charge in [-0.3, -0.25) is 4.79 Å². The molecule has 0 spiro atoms. The third kappa shape index (κ3) is 5.50. The molecule has 0 aliphatic heterocycles. The minimum atomic E-state index is -0.964. The summed E-state index contributed by atoms with van der Waals surface area (Å²) in [4.78, 5) is 23.8. The van der Waals surface area contributed by atoms with E-state index in [2.05, 4.69) is 5.32 Å². The maximum atomic E-state index is 12.9. The molecule has 0 aromatic heterocycles. The molecule has 2 unspecified atom stereocenters. The maximum Gasteiger partial charge on any atom is 0.335 e. The summed E-state index contributed by atoms with van der Waals surface area (Å²) in [6, 6.07) is 11.8. The monoisotopic (exact) mass is 397 g/mol. The lowest BCUT2D eigenvalue weighted by molar-refractivity contribution is -0.127. The molecule has 1 fully saturated rings. The number of nitrogens with one attached hydrogen (secondary N) is 1. The fourth-order valence-corrected chi connectivity index (χ4v) is 4.06. The maximum absolute atomic E-state index is 12.9. The molecule has 1 saturated carbocycles. The first-order valence-corrected chi connectivity index (χ1v) is 9.93. The first kappa shape index (κ1) is 20.7. The molecule has 6 nitrogen and oxygen atoms in total. The number of amides is 1. The molecule has 2 aromatic carbocycles. The van der Waals surface area contributed by atoms with E-state index in [1.165, 1.54) is 0 Å². The summed E-state index contributed by atoms with van der Waals surface area (Å²) in [5, 5.41) is 21.9. The van der Waals surface area contributed by atoms with E-state index in [0.29, 0.717) is 12.3 Å². The van der Waals surface area contributed by atoms with Crippen molar-refractivity contribution in [2.75, 3.05) is 7.11 Å². The van der Waals surface area contributed by atoms with Gasteiger partial charge in [-0.05, 0) is 60.6 Å². The Balaban J connectivity index is 1.63. The van der Waals surface area contributed by atoms with Gasteiger partial charge in [-0.25, -0.2) is 4.79 Å². The Labute approximate surface area is 170 Å². The van der Waals surface area contributed by atoms with Gasteiger partial charge < -0.3 is 20.3 Å². The van der Waals surface area contributed by atoms with Crippen LogP contribution in [-0.4, -0.2) is 29.2 Å². The zero-order valence-corrected chi connectivity index (χ0v) is 16.6. The standard InChI is InChI=1S/C23H27NO5/c1-29-20-12-16(11-19(25)13-20)10-18-4-2-3-5-21(18)22(26)24-14-15-6-8-17(9-7-15)23(27)28/h6-9,11-13,18,21,25H,2-5,10,14H2,1H3,(H,24,26)(H,27,28). The molecule has 1 amide bonds. The van der Waals surface area contributed by atoms with Crippen molar-refractivity contribution >= 4 is 11.9 Å². The summed E-state index contributed by atoms with van der Waals surface area (Å²) < 4.78 is 5.23. The van der Waals surface area contributed by atoms with Crippen LogP contribution in [0.25, 0.3) is 0 Å². The molecule has 3 rings (SSSR count). The highest BCUT2D eigenvalue weighted by Gasteiger charge is 2.31. The lowest BCUT2D eigenvalue weighted by Crippen LogP contribution is -2.37. The van der Waals surface area contributed by atoms with Gasteiger partial charge in [0, 0.05) is 18.5 Å². The SMILES string of the molecule is COc1cc(O)cc(CC2CCCCC2C(=O)NCc2ccc(C(=O)O)cc2)c1. The zero-order valence-electron chi connectivity index (χ0n) is 16.6. The van der Waals surface area contributed by atoms with Crippen LogP contribution in [0, 0.1) is 11.8 Å². The predicted octanol–water partition coefficient (Wildman–Crippen LogP) is 3.76. The topological polar surface area (TPSA) is 95.9 Å². The number of methoxy groups -OCH3 is 1. The fraction of sp³-hybridized carbons (Fsp3) is 0.391. The van der Waals surface area contributed by atoms with Crippen molar-refractivity contribution < 1.29 is 24.5 Å². The molecular formula is C23H27NO5. The van der Waals surface area contributed by atoms with Crippen LogP contribution in [0.4, 0.5) is 0 Å². The molecular weight excluding hydrogens is 370 g/mol. The van der Waals surface area contributed by atoms with Gasteiger partial charge >= 0.3 is 5.97 Å². The van der Waals surface area contributed by atoms with Gasteiger partial charge in [0.25, 0.3) is 0 Å². The van der Waals surface area contributed by atoms with Gasteiger partial charge in [-0.2, -0.15) is 0 Å². The Kier molecular flexibility index (Phi) is 6.75. The molecule has 2 aromatic rings. The molecule has 1 aliphatic carbocycles. The molecule has 0 bridgehead atoms. The second-order valence-electron chi connectivity index (χ2n) is 7.61. The van der Waals surface area contributed by atoms with Gasteiger partial charge in [0.15, 0.2) is 0 Å². The Hall–Kier alpha value is -3.02. The Morgan fingerprint density at radius 1 is 1.07 bits per heavy atom. The number of carbonyl (C=O) groups excluding carboxylic acids is 1. The van der Waals surface area contributed by atoms with Crippen LogP contribution >= 0.6 is 0 Å². The molecule has 3 N–H and O–H groups in total. The smallest absolute Gasteiger partial charge is 0.335 e. The number of benzene rings is 2. The van der Waals surface area contributed by atoms with Crippen molar-refractivity contribution in [2.45, 2.75) is 38.6 Å².